The number of halogens is 1. The van der Waals surface area contributed by atoms with E-state index < -0.39 is 0 Å². The summed E-state index contributed by atoms with van der Waals surface area (Å²) in [6.45, 7) is 0. The van der Waals surface area contributed by atoms with Crippen LogP contribution in [0.2, 0.25) is 0 Å². The number of hydrazine groups is 1. The van der Waals surface area contributed by atoms with Gasteiger partial charge in [-0.3, -0.25) is 11.3 Å². The van der Waals surface area contributed by atoms with Crippen molar-refractivity contribution in [1.82, 2.24) is 15.4 Å². The van der Waals surface area contributed by atoms with Gasteiger partial charge in [0.05, 0.1) is 6.04 Å². The zero-order valence-electron chi connectivity index (χ0n) is 9.18. The van der Waals surface area contributed by atoms with Crippen LogP contribution in [0.3, 0.4) is 0 Å². The van der Waals surface area contributed by atoms with Gasteiger partial charge in [0.15, 0.2) is 0 Å². The second-order valence-electron chi connectivity index (χ2n) is 3.69. The summed E-state index contributed by atoms with van der Waals surface area (Å²) in [4.78, 5) is 8.00. The highest BCUT2D eigenvalue weighted by molar-refractivity contribution is 9.10. The molecule has 1 heterocycles. The van der Waals surface area contributed by atoms with E-state index in [2.05, 4.69) is 37.4 Å². The number of hydrogen-bond donors (Lipinski definition) is 2. The molecule has 0 bridgehead atoms. The number of nitrogens with two attached hydrogens (primary N) is 1. The molecular weight excluding hydrogens is 280 g/mol. The van der Waals surface area contributed by atoms with Crippen LogP contribution in [0.5, 0.6) is 0 Å². The second-order valence-corrected chi connectivity index (χ2v) is 4.54. The van der Waals surface area contributed by atoms with Gasteiger partial charge in [-0.05, 0) is 18.1 Å². The van der Waals surface area contributed by atoms with Crippen LogP contribution in [-0.2, 0) is 6.42 Å². The number of hydrogen-bond acceptors (Lipinski definition) is 4. The van der Waals surface area contributed by atoms with E-state index in [0.717, 1.165) is 16.5 Å². The van der Waals surface area contributed by atoms with Crippen molar-refractivity contribution in [2.75, 3.05) is 0 Å². The van der Waals surface area contributed by atoms with Crippen molar-refractivity contribution < 1.29 is 0 Å². The van der Waals surface area contributed by atoms with E-state index in [9.17, 15) is 0 Å². The summed E-state index contributed by atoms with van der Waals surface area (Å²) < 4.78 is 1.08. The standard InChI is InChI=1S/C12H13BrN4/c13-11-4-2-1-3-9(11)5-12(17-14)10-6-15-8-16-7-10/h1-4,6-8,12,17H,5,14H2. The highest BCUT2D eigenvalue weighted by atomic mass is 79.9. The Morgan fingerprint density at radius 1 is 1.24 bits per heavy atom. The summed E-state index contributed by atoms with van der Waals surface area (Å²) >= 11 is 3.53. The third-order valence-corrected chi connectivity index (χ3v) is 3.34. The number of nitrogens with zero attached hydrogens (tertiary/aromatic N) is 2. The Bertz CT molecular complexity index is 475. The lowest BCUT2D eigenvalue weighted by atomic mass is 10.0. The molecule has 17 heavy (non-hydrogen) atoms. The number of nitrogens with one attached hydrogen (secondary N) is 1. The van der Waals surface area contributed by atoms with Gasteiger partial charge in [-0.25, -0.2) is 9.97 Å². The van der Waals surface area contributed by atoms with E-state index in [1.807, 2.05) is 18.2 Å². The highest BCUT2D eigenvalue weighted by Gasteiger charge is 2.12. The number of aromatic nitrogens is 2. The van der Waals surface area contributed by atoms with E-state index in [0.29, 0.717) is 0 Å². The Morgan fingerprint density at radius 2 is 1.94 bits per heavy atom. The van der Waals surface area contributed by atoms with Crippen LogP contribution >= 0.6 is 15.9 Å². The molecular formula is C12H13BrN4. The molecule has 4 nitrogen and oxygen atoms in total. The summed E-state index contributed by atoms with van der Waals surface area (Å²) in [5.41, 5.74) is 4.96. The van der Waals surface area contributed by atoms with Gasteiger partial charge in [0.2, 0.25) is 0 Å². The van der Waals surface area contributed by atoms with E-state index in [1.165, 1.54) is 11.9 Å². The molecule has 3 N–H and O–H groups in total. The smallest absolute Gasteiger partial charge is 0.115 e. The summed E-state index contributed by atoms with van der Waals surface area (Å²) in [5.74, 6) is 5.58. The quantitative estimate of drug-likeness (QED) is 0.668. The Labute approximate surface area is 108 Å². The van der Waals surface area contributed by atoms with Gasteiger partial charge >= 0.3 is 0 Å². The normalized spacial score (nSPS) is 12.4. The van der Waals surface area contributed by atoms with Gasteiger partial charge in [-0.1, -0.05) is 34.1 Å². The van der Waals surface area contributed by atoms with Crippen molar-refractivity contribution in [2.24, 2.45) is 5.84 Å². The molecule has 0 aliphatic carbocycles. The van der Waals surface area contributed by atoms with Gasteiger partial charge in [-0.15, -0.1) is 0 Å². The Hall–Kier alpha value is -1.30. The van der Waals surface area contributed by atoms with Crippen molar-refractivity contribution in [2.45, 2.75) is 12.5 Å². The van der Waals surface area contributed by atoms with Gasteiger partial charge in [0.25, 0.3) is 0 Å². The molecule has 0 saturated carbocycles. The molecule has 0 spiro atoms. The molecule has 1 aromatic heterocycles. The fourth-order valence-electron chi connectivity index (χ4n) is 1.65. The average Bonchev–Trinajstić information content (AvgIpc) is 2.39. The zero-order chi connectivity index (χ0) is 12.1. The summed E-state index contributed by atoms with van der Waals surface area (Å²) in [6, 6.07) is 8.09. The lowest BCUT2D eigenvalue weighted by Crippen LogP contribution is -2.29. The molecule has 2 aromatic rings. The molecule has 1 atom stereocenters. The maximum Gasteiger partial charge on any atom is 0.115 e. The topological polar surface area (TPSA) is 63.8 Å². The lowest BCUT2D eigenvalue weighted by molar-refractivity contribution is 0.547. The summed E-state index contributed by atoms with van der Waals surface area (Å²) in [6.07, 6.45) is 5.84. The Balaban J connectivity index is 2.19. The Kier molecular flexibility index (Phi) is 4.19. The van der Waals surface area contributed by atoms with Crippen LogP contribution in [0.4, 0.5) is 0 Å². The fraction of sp³-hybridized carbons (Fsp3) is 0.167. The third-order valence-electron chi connectivity index (χ3n) is 2.57. The molecule has 0 amide bonds. The van der Waals surface area contributed by atoms with Crippen molar-refractivity contribution in [1.29, 1.82) is 0 Å². The van der Waals surface area contributed by atoms with Crippen LogP contribution < -0.4 is 11.3 Å². The van der Waals surface area contributed by atoms with Crippen LogP contribution in [0.15, 0.2) is 47.5 Å². The minimum atomic E-state index is 0.00917. The predicted molar refractivity (Wildman–Crippen MR) is 69.9 cm³/mol. The van der Waals surface area contributed by atoms with Gasteiger partial charge in [-0.2, -0.15) is 0 Å². The van der Waals surface area contributed by atoms with Crippen molar-refractivity contribution in [3.63, 3.8) is 0 Å². The van der Waals surface area contributed by atoms with Crippen molar-refractivity contribution in [3.05, 3.63) is 58.6 Å². The Morgan fingerprint density at radius 3 is 2.59 bits per heavy atom. The average molecular weight is 293 g/mol. The zero-order valence-corrected chi connectivity index (χ0v) is 10.8. The highest BCUT2D eigenvalue weighted by Crippen LogP contribution is 2.22. The first-order chi connectivity index (χ1) is 8.31. The first-order valence-electron chi connectivity index (χ1n) is 5.25. The molecule has 1 aromatic carbocycles. The van der Waals surface area contributed by atoms with E-state index in [1.54, 1.807) is 12.4 Å². The van der Waals surface area contributed by atoms with Crippen LogP contribution in [0.1, 0.15) is 17.2 Å². The minimum Gasteiger partial charge on any atom is -0.271 e. The molecule has 0 aliphatic rings. The van der Waals surface area contributed by atoms with Crippen LogP contribution in [-0.4, -0.2) is 9.97 Å². The van der Waals surface area contributed by atoms with Gasteiger partial charge < -0.3 is 0 Å². The molecule has 2 rings (SSSR count). The number of rotatable bonds is 4. The van der Waals surface area contributed by atoms with Crippen LogP contribution in [0, 0.1) is 0 Å². The number of benzene rings is 1. The maximum atomic E-state index is 5.58. The predicted octanol–water partition coefficient (Wildman–Crippen LogP) is 1.99. The second kappa shape index (κ2) is 5.86. The molecule has 0 fully saturated rings. The fourth-order valence-corrected chi connectivity index (χ4v) is 2.09. The van der Waals surface area contributed by atoms with E-state index in [4.69, 9.17) is 5.84 Å². The largest absolute Gasteiger partial charge is 0.271 e. The minimum absolute atomic E-state index is 0.00917. The van der Waals surface area contributed by atoms with Gasteiger partial charge in [0.1, 0.15) is 6.33 Å². The third kappa shape index (κ3) is 3.09. The van der Waals surface area contributed by atoms with E-state index >= 15 is 0 Å². The monoisotopic (exact) mass is 292 g/mol. The molecule has 0 saturated heterocycles. The molecule has 0 aliphatic heterocycles. The van der Waals surface area contributed by atoms with Crippen molar-refractivity contribution in [3.8, 4) is 0 Å². The van der Waals surface area contributed by atoms with E-state index in [-0.39, 0.29) is 6.04 Å². The maximum absolute atomic E-state index is 5.58. The van der Waals surface area contributed by atoms with Crippen molar-refractivity contribution >= 4 is 15.9 Å². The SMILES string of the molecule is NNC(Cc1ccccc1Br)c1cncnc1. The van der Waals surface area contributed by atoms with Crippen LogP contribution in [0.25, 0.3) is 0 Å². The first kappa shape index (κ1) is 12.2. The summed E-state index contributed by atoms with van der Waals surface area (Å²) in [5, 5.41) is 0. The first-order valence-corrected chi connectivity index (χ1v) is 6.05. The molecule has 0 radical (unpaired) electrons. The molecule has 5 heteroatoms. The summed E-state index contributed by atoms with van der Waals surface area (Å²) in [7, 11) is 0. The lowest BCUT2D eigenvalue weighted by Gasteiger charge is -2.16. The molecule has 88 valence electrons. The van der Waals surface area contributed by atoms with Gasteiger partial charge in [0, 0.05) is 22.4 Å². The molecule has 1 unspecified atom stereocenters.